The molecule has 0 spiro atoms. The zero-order valence-electron chi connectivity index (χ0n) is 11.2. The number of pyridine rings is 1. The smallest absolute Gasteiger partial charge is 0.131 e. The molecule has 2 aromatic rings. The quantitative estimate of drug-likeness (QED) is 0.898. The minimum atomic E-state index is -0.544. The lowest BCUT2D eigenvalue weighted by Gasteiger charge is -2.18. The van der Waals surface area contributed by atoms with E-state index in [2.05, 4.69) is 10.3 Å². The highest BCUT2D eigenvalue weighted by atomic mass is 19.1. The molecule has 1 aromatic heterocycles. The Balaban J connectivity index is 2.28. The first kappa shape index (κ1) is 13.5. The van der Waals surface area contributed by atoms with Crippen LogP contribution in [0.15, 0.2) is 30.3 Å². The maximum absolute atomic E-state index is 13.7. The Morgan fingerprint density at radius 2 is 1.68 bits per heavy atom. The van der Waals surface area contributed by atoms with Crippen LogP contribution in [0.25, 0.3) is 0 Å². The van der Waals surface area contributed by atoms with Crippen molar-refractivity contribution in [3.8, 4) is 0 Å². The highest BCUT2D eigenvalue weighted by Gasteiger charge is 2.16. The molecule has 0 aliphatic heterocycles. The molecule has 0 amide bonds. The summed E-state index contributed by atoms with van der Waals surface area (Å²) in [6.45, 7) is 5.48. The Morgan fingerprint density at radius 1 is 1.05 bits per heavy atom. The van der Waals surface area contributed by atoms with E-state index >= 15 is 0 Å². The summed E-state index contributed by atoms with van der Waals surface area (Å²) in [4.78, 5) is 4.32. The van der Waals surface area contributed by atoms with Crippen molar-refractivity contribution in [2.24, 2.45) is 0 Å². The largest absolute Gasteiger partial charge is 0.377 e. The zero-order valence-corrected chi connectivity index (χ0v) is 11.2. The fourth-order valence-electron chi connectivity index (χ4n) is 2.07. The van der Waals surface area contributed by atoms with E-state index in [9.17, 15) is 8.78 Å². The molecule has 0 saturated carbocycles. The van der Waals surface area contributed by atoms with Gasteiger partial charge in [0.05, 0.1) is 17.4 Å². The number of anilines is 1. The number of nitrogens with zero attached hydrogens (tertiary/aromatic N) is 1. The summed E-state index contributed by atoms with van der Waals surface area (Å²) in [5.41, 5.74) is 2.54. The lowest BCUT2D eigenvalue weighted by molar-refractivity contribution is 0.544. The Morgan fingerprint density at radius 3 is 2.26 bits per heavy atom. The van der Waals surface area contributed by atoms with Crippen molar-refractivity contribution in [3.05, 3.63) is 58.9 Å². The molecule has 0 radical (unpaired) electrons. The summed E-state index contributed by atoms with van der Waals surface area (Å²) in [6.07, 6.45) is 0. The van der Waals surface area contributed by atoms with Crippen LogP contribution >= 0.6 is 0 Å². The van der Waals surface area contributed by atoms with Crippen LogP contribution in [0.3, 0.4) is 0 Å². The van der Waals surface area contributed by atoms with Crippen molar-refractivity contribution in [3.63, 3.8) is 0 Å². The van der Waals surface area contributed by atoms with Gasteiger partial charge in [-0.1, -0.05) is 6.07 Å². The molecule has 0 bridgehead atoms. The van der Waals surface area contributed by atoms with E-state index < -0.39 is 17.7 Å². The fraction of sp³-hybridized carbons (Fsp3) is 0.267. The lowest BCUT2D eigenvalue weighted by atomic mass is 10.1. The number of nitrogens with one attached hydrogen (secondary N) is 1. The maximum Gasteiger partial charge on any atom is 0.131 e. The van der Waals surface area contributed by atoms with Gasteiger partial charge in [-0.2, -0.15) is 0 Å². The second kappa shape index (κ2) is 5.34. The van der Waals surface area contributed by atoms with Crippen molar-refractivity contribution in [1.82, 2.24) is 4.98 Å². The van der Waals surface area contributed by atoms with Gasteiger partial charge >= 0.3 is 0 Å². The third kappa shape index (κ3) is 2.89. The summed E-state index contributed by atoms with van der Waals surface area (Å²) in [5, 5.41) is 3.09. The molecule has 100 valence electrons. The molecule has 19 heavy (non-hydrogen) atoms. The number of aryl methyl sites for hydroxylation is 2. The summed E-state index contributed by atoms with van der Waals surface area (Å²) in [6, 6.07) is 7.14. The minimum Gasteiger partial charge on any atom is -0.377 e. The van der Waals surface area contributed by atoms with E-state index in [0.717, 1.165) is 17.1 Å². The van der Waals surface area contributed by atoms with Crippen LogP contribution in [0.4, 0.5) is 14.5 Å². The van der Waals surface area contributed by atoms with Crippen LogP contribution < -0.4 is 5.32 Å². The topological polar surface area (TPSA) is 24.9 Å². The van der Waals surface area contributed by atoms with Crippen molar-refractivity contribution in [2.45, 2.75) is 26.8 Å². The second-order valence-corrected chi connectivity index (χ2v) is 4.59. The van der Waals surface area contributed by atoms with E-state index in [0.29, 0.717) is 0 Å². The summed E-state index contributed by atoms with van der Waals surface area (Å²) < 4.78 is 27.3. The molecule has 1 aromatic carbocycles. The number of benzene rings is 1. The van der Waals surface area contributed by atoms with Crippen molar-refractivity contribution >= 4 is 5.69 Å². The summed E-state index contributed by atoms with van der Waals surface area (Å²) in [5.74, 6) is -1.09. The molecule has 0 saturated heterocycles. The van der Waals surface area contributed by atoms with Gasteiger partial charge in [0.1, 0.15) is 11.6 Å². The third-order valence-corrected chi connectivity index (χ3v) is 3.03. The molecule has 1 unspecified atom stereocenters. The van der Waals surface area contributed by atoms with Crippen molar-refractivity contribution < 1.29 is 8.78 Å². The second-order valence-electron chi connectivity index (χ2n) is 4.59. The van der Waals surface area contributed by atoms with E-state index in [1.54, 1.807) is 6.92 Å². The predicted octanol–water partition coefficient (Wildman–Crippen LogP) is 4.15. The highest BCUT2D eigenvalue weighted by Crippen LogP contribution is 2.25. The van der Waals surface area contributed by atoms with E-state index in [1.807, 2.05) is 26.0 Å². The van der Waals surface area contributed by atoms with Crippen LogP contribution in [0.2, 0.25) is 0 Å². The van der Waals surface area contributed by atoms with Gasteiger partial charge in [-0.15, -0.1) is 0 Å². The molecule has 2 rings (SSSR count). The van der Waals surface area contributed by atoms with Crippen LogP contribution in [-0.4, -0.2) is 4.98 Å². The van der Waals surface area contributed by atoms with E-state index in [-0.39, 0.29) is 5.56 Å². The van der Waals surface area contributed by atoms with Gasteiger partial charge in [0, 0.05) is 11.3 Å². The van der Waals surface area contributed by atoms with E-state index in [4.69, 9.17) is 0 Å². The molecule has 0 fully saturated rings. The SMILES string of the molecule is Cc1ccc(NC(C)c2c(F)cccc2F)c(C)n1. The minimum absolute atomic E-state index is 0.0440. The van der Waals surface area contributed by atoms with Gasteiger partial charge in [-0.25, -0.2) is 8.78 Å². The first-order valence-corrected chi connectivity index (χ1v) is 6.13. The summed E-state index contributed by atoms with van der Waals surface area (Å²) in [7, 11) is 0. The number of hydrogen-bond acceptors (Lipinski definition) is 2. The number of rotatable bonds is 3. The van der Waals surface area contributed by atoms with Crippen LogP contribution in [0.1, 0.15) is 29.9 Å². The Bertz CT molecular complexity index is 576. The number of halogens is 2. The third-order valence-electron chi connectivity index (χ3n) is 3.03. The Labute approximate surface area is 111 Å². The lowest BCUT2D eigenvalue weighted by Crippen LogP contribution is -2.12. The molecular weight excluding hydrogens is 246 g/mol. The highest BCUT2D eigenvalue weighted by molar-refractivity contribution is 5.49. The van der Waals surface area contributed by atoms with Crippen molar-refractivity contribution in [1.29, 1.82) is 0 Å². The molecule has 1 atom stereocenters. The first-order chi connectivity index (χ1) is 8.99. The Kier molecular flexibility index (Phi) is 3.79. The summed E-state index contributed by atoms with van der Waals surface area (Å²) >= 11 is 0. The van der Waals surface area contributed by atoms with Gasteiger partial charge in [-0.05, 0) is 45.0 Å². The average molecular weight is 262 g/mol. The van der Waals surface area contributed by atoms with Gasteiger partial charge in [0.15, 0.2) is 0 Å². The molecule has 1 heterocycles. The van der Waals surface area contributed by atoms with Gasteiger partial charge < -0.3 is 5.32 Å². The normalized spacial score (nSPS) is 12.3. The zero-order chi connectivity index (χ0) is 14.0. The first-order valence-electron chi connectivity index (χ1n) is 6.13. The molecule has 4 heteroatoms. The van der Waals surface area contributed by atoms with E-state index in [1.165, 1.54) is 18.2 Å². The van der Waals surface area contributed by atoms with Gasteiger partial charge in [0.2, 0.25) is 0 Å². The molecular formula is C15H16F2N2. The Hall–Kier alpha value is -1.97. The maximum atomic E-state index is 13.7. The van der Waals surface area contributed by atoms with Gasteiger partial charge in [0.25, 0.3) is 0 Å². The molecule has 2 nitrogen and oxygen atoms in total. The fourth-order valence-corrected chi connectivity index (χ4v) is 2.07. The van der Waals surface area contributed by atoms with Crippen LogP contribution in [0.5, 0.6) is 0 Å². The average Bonchev–Trinajstić information content (AvgIpc) is 2.32. The van der Waals surface area contributed by atoms with Crippen LogP contribution in [0, 0.1) is 25.5 Å². The number of aromatic nitrogens is 1. The predicted molar refractivity (Wildman–Crippen MR) is 72.1 cm³/mol. The van der Waals surface area contributed by atoms with Crippen LogP contribution in [-0.2, 0) is 0 Å². The van der Waals surface area contributed by atoms with Crippen molar-refractivity contribution in [2.75, 3.05) is 5.32 Å². The standard InChI is InChI=1S/C15H16F2N2/c1-9-7-8-14(10(2)18-9)19-11(3)15-12(16)5-4-6-13(15)17/h4-8,11,19H,1-3H3. The molecule has 0 aliphatic rings. The monoisotopic (exact) mass is 262 g/mol. The van der Waals surface area contributed by atoms with Gasteiger partial charge in [-0.3, -0.25) is 4.98 Å². The molecule has 1 N–H and O–H groups in total. The number of hydrogen-bond donors (Lipinski definition) is 1. The molecule has 0 aliphatic carbocycles.